The van der Waals surface area contributed by atoms with Crippen LogP contribution < -0.4 is 15.4 Å². The van der Waals surface area contributed by atoms with Crippen molar-refractivity contribution >= 4 is 46.2 Å². The number of hydrogen-bond donors (Lipinski definition) is 2. The summed E-state index contributed by atoms with van der Waals surface area (Å²) in [7, 11) is 0. The van der Waals surface area contributed by atoms with E-state index in [2.05, 4.69) is 10.6 Å². The number of ether oxygens (including phenoxy) is 1. The van der Waals surface area contributed by atoms with Crippen molar-refractivity contribution in [3.05, 3.63) is 63.2 Å². The van der Waals surface area contributed by atoms with Gasteiger partial charge in [-0.3, -0.25) is 20.2 Å². The van der Waals surface area contributed by atoms with E-state index in [9.17, 15) is 14.9 Å². The van der Waals surface area contributed by atoms with Gasteiger partial charge in [0.1, 0.15) is 5.75 Å². The zero-order chi connectivity index (χ0) is 18.4. The highest BCUT2D eigenvalue weighted by molar-refractivity contribution is 7.80. The van der Waals surface area contributed by atoms with E-state index in [1.807, 2.05) is 0 Å². The summed E-state index contributed by atoms with van der Waals surface area (Å²) in [6.45, 7) is 1.53. The first kappa shape index (κ1) is 18.6. The van der Waals surface area contributed by atoms with E-state index in [0.29, 0.717) is 16.5 Å². The van der Waals surface area contributed by atoms with Gasteiger partial charge >= 0.3 is 0 Å². The van der Waals surface area contributed by atoms with Crippen LogP contribution in [0.25, 0.3) is 0 Å². The van der Waals surface area contributed by atoms with Crippen LogP contribution in [0.2, 0.25) is 5.02 Å². The lowest BCUT2D eigenvalue weighted by Crippen LogP contribution is -2.37. The first-order chi connectivity index (χ1) is 11.8. The Morgan fingerprint density at radius 2 is 1.96 bits per heavy atom. The number of carbonyl (C=O) groups excluding carboxylic acids is 1. The van der Waals surface area contributed by atoms with Gasteiger partial charge < -0.3 is 10.1 Å². The summed E-state index contributed by atoms with van der Waals surface area (Å²) in [6, 6.07) is 10.9. The average Bonchev–Trinajstić information content (AvgIpc) is 2.56. The van der Waals surface area contributed by atoms with Crippen molar-refractivity contribution in [2.45, 2.75) is 6.92 Å². The van der Waals surface area contributed by atoms with Crippen molar-refractivity contribution in [2.75, 3.05) is 11.9 Å². The zero-order valence-corrected chi connectivity index (χ0v) is 14.7. The van der Waals surface area contributed by atoms with Crippen LogP contribution in [0, 0.1) is 17.0 Å². The van der Waals surface area contributed by atoms with Crippen molar-refractivity contribution in [3.8, 4) is 5.75 Å². The van der Waals surface area contributed by atoms with Gasteiger partial charge in [-0.2, -0.15) is 0 Å². The van der Waals surface area contributed by atoms with Crippen LogP contribution in [-0.2, 0) is 4.79 Å². The summed E-state index contributed by atoms with van der Waals surface area (Å²) in [5, 5.41) is 16.6. The largest absolute Gasteiger partial charge is 0.484 e. The molecule has 2 aromatic carbocycles. The smallest absolute Gasteiger partial charge is 0.271 e. The number of carbonyl (C=O) groups is 1. The number of anilines is 1. The van der Waals surface area contributed by atoms with Gasteiger partial charge in [-0.05, 0) is 49.0 Å². The molecule has 2 aromatic rings. The average molecular weight is 380 g/mol. The quantitative estimate of drug-likeness (QED) is 0.469. The molecule has 0 aliphatic rings. The molecule has 0 aliphatic carbocycles. The molecule has 25 heavy (non-hydrogen) atoms. The van der Waals surface area contributed by atoms with Crippen LogP contribution in [0.5, 0.6) is 5.75 Å². The summed E-state index contributed by atoms with van der Waals surface area (Å²) in [4.78, 5) is 22.2. The molecule has 0 bridgehead atoms. The van der Waals surface area contributed by atoms with Crippen LogP contribution in [-0.4, -0.2) is 22.5 Å². The number of thiocarbonyl (C=S) groups is 1. The van der Waals surface area contributed by atoms with Crippen molar-refractivity contribution in [3.63, 3.8) is 0 Å². The molecule has 2 N–H and O–H groups in total. The van der Waals surface area contributed by atoms with Crippen LogP contribution in [0.4, 0.5) is 11.4 Å². The summed E-state index contributed by atoms with van der Waals surface area (Å²) in [6.07, 6.45) is 0. The zero-order valence-electron chi connectivity index (χ0n) is 13.1. The first-order valence-corrected chi connectivity index (χ1v) is 7.88. The number of non-ortho nitro benzene ring substituents is 1. The molecule has 0 aromatic heterocycles. The SMILES string of the molecule is Cc1ccc([N+](=O)[O-])cc1NC(=S)NC(=O)COc1ccc(Cl)cc1. The molecule has 7 nitrogen and oxygen atoms in total. The lowest BCUT2D eigenvalue weighted by atomic mass is 10.2. The molecular formula is C16H14ClN3O4S. The fraction of sp³-hybridized carbons (Fsp3) is 0.125. The standard InChI is InChI=1S/C16H14ClN3O4S/c1-10-2-5-12(20(22)23)8-14(10)18-16(25)19-15(21)9-24-13-6-3-11(17)4-7-13/h2-8H,9H2,1H3,(H2,18,19,21,25). The second-order valence-electron chi connectivity index (χ2n) is 5.00. The Morgan fingerprint density at radius 1 is 1.28 bits per heavy atom. The van der Waals surface area contributed by atoms with Gasteiger partial charge in [0.15, 0.2) is 11.7 Å². The number of halogens is 1. The van der Waals surface area contributed by atoms with E-state index in [4.69, 9.17) is 28.6 Å². The summed E-state index contributed by atoms with van der Waals surface area (Å²) in [5.41, 5.74) is 1.12. The van der Waals surface area contributed by atoms with Crippen molar-refractivity contribution < 1.29 is 14.5 Å². The number of nitro benzene ring substituents is 1. The molecule has 2 rings (SSSR count). The van der Waals surface area contributed by atoms with E-state index in [1.165, 1.54) is 12.1 Å². The Labute approximate surface area is 154 Å². The molecule has 0 atom stereocenters. The third kappa shape index (κ3) is 5.70. The van der Waals surface area contributed by atoms with Crippen LogP contribution in [0.1, 0.15) is 5.56 Å². The van der Waals surface area contributed by atoms with Gasteiger partial charge in [-0.25, -0.2) is 0 Å². The van der Waals surface area contributed by atoms with Crippen molar-refractivity contribution in [1.82, 2.24) is 5.32 Å². The molecule has 0 heterocycles. The molecule has 0 saturated heterocycles. The van der Waals surface area contributed by atoms with Gasteiger partial charge in [0.25, 0.3) is 11.6 Å². The van der Waals surface area contributed by atoms with Crippen LogP contribution >= 0.6 is 23.8 Å². The monoisotopic (exact) mass is 379 g/mol. The molecular weight excluding hydrogens is 366 g/mol. The van der Waals surface area contributed by atoms with Gasteiger partial charge in [0, 0.05) is 22.8 Å². The molecule has 0 fully saturated rings. The Kier molecular flexibility index (Phi) is 6.26. The van der Waals surface area contributed by atoms with Crippen LogP contribution in [0.3, 0.4) is 0 Å². The number of nitrogens with zero attached hydrogens (tertiary/aromatic N) is 1. The van der Waals surface area contributed by atoms with Crippen molar-refractivity contribution in [2.24, 2.45) is 0 Å². The maximum absolute atomic E-state index is 11.8. The highest BCUT2D eigenvalue weighted by atomic mass is 35.5. The number of rotatable bonds is 5. The molecule has 0 aliphatic heterocycles. The number of nitrogens with one attached hydrogen (secondary N) is 2. The maximum atomic E-state index is 11.8. The molecule has 0 saturated carbocycles. The molecule has 130 valence electrons. The summed E-state index contributed by atoms with van der Waals surface area (Å²) in [5.74, 6) is 0.0310. The Balaban J connectivity index is 1.89. The van der Waals surface area contributed by atoms with Crippen molar-refractivity contribution in [1.29, 1.82) is 0 Å². The molecule has 0 radical (unpaired) electrons. The van der Waals surface area contributed by atoms with Gasteiger partial charge in [-0.1, -0.05) is 17.7 Å². The predicted octanol–water partition coefficient (Wildman–Crippen LogP) is 3.45. The Bertz CT molecular complexity index is 812. The van der Waals surface area contributed by atoms with E-state index >= 15 is 0 Å². The number of aryl methyl sites for hydroxylation is 1. The molecule has 0 spiro atoms. The van der Waals surface area contributed by atoms with Crippen LogP contribution in [0.15, 0.2) is 42.5 Å². The number of hydrogen-bond acceptors (Lipinski definition) is 5. The predicted molar refractivity (Wildman–Crippen MR) is 99.1 cm³/mol. The number of nitro groups is 1. The van der Waals surface area contributed by atoms with E-state index in [-0.39, 0.29) is 17.4 Å². The van der Waals surface area contributed by atoms with Gasteiger partial charge in [-0.15, -0.1) is 0 Å². The van der Waals surface area contributed by atoms with E-state index < -0.39 is 10.8 Å². The lowest BCUT2D eigenvalue weighted by Gasteiger charge is -2.12. The molecule has 1 amide bonds. The maximum Gasteiger partial charge on any atom is 0.271 e. The number of amides is 1. The topological polar surface area (TPSA) is 93.5 Å². The fourth-order valence-electron chi connectivity index (χ4n) is 1.85. The second-order valence-corrected chi connectivity index (χ2v) is 5.85. The Morgan fingerprint density at radius 3 is 2.60 bits per heavy atom. The minimum absolute atomic E-state index is 0.0216. The second kappa shape index (κ2) is 8.41. The molecule has 0 unspecified atom stereocenters. The summed E-state index contributed by atoms with van der Waals surface area (Å²) < 4.78 is 5.30. The van der Waals surface area contributed by atoms with Gasteiger partial charge in [0.2, 0.25) is 0 Å². The minimum atomic E-state index is -0.508. The summed E-state index contributed by atoms with van der Waals surface area (Å²) >= 11 is 10.8. The lowest BCUT2D eigenvalue weighted by molar-refractivity contribution is -0.384. The highest BCUT2D eigenvalue weighted by Gasteiger charge is 2.11. The Hall–Kier alpha value is -2.71. The van der Waals surface area contributed by atoms with E-state index in [1.54, 1.807) is 37.3 Å². The minimum Gasteiger partial charge on any atom is -0.484 e. The fourth-order valence-corrected chi connectivity index (χ4v) is 2.20. The van der Waals surface area contributed by atoms with E-state index in [0.717, 1.165) is 5.56 Å². The highest BCUT2D eigenvalue weighted by Crippen LogP contribution is 2.21. The van der Waals surface area contributed by atoms with Gasteiger partial charge in [0.05, 0.1) is 4.92 Å². The third-order valence-corrected chi connectivity index (χ3v) is 3.57. The molecule has 9 heteroatoms. The third-order valence-electron chi connectivity index (χ3n) is 3.12. The normalized spacial score (nSPS) is 10.0. The first-order valence-electron chi connectivity index (χ1n) is 7.09. The number of benzene rings is 2.